The van der Waals surface area contributed by atoms with Crippen LogP contribution in [0, 0.1) is 0 Å². The van der Waals surface area contributed by atoms with E-state index in [4.69, 9.17) is 0 Å². The van der Waals surface area contributed by atoms with E-state index >= 15 is 0 Å². The van der Waals surface area contributed by atoms with E-state index in [0.29, 0.717) is 5.56 Å². The molecule has 0 aliphatic rings. The Bertz CT molecular complexity index is 952. The molecule has 0 heterocycles. The summed E-state index contributed by atoms with van der Waals surface area (Å²) in [4.78, 5) is 12.2. The van der Waals surface area contributed by atoms with Crippen molar-refractivity contribution in [3.05, 3.63) is 83.9 Å². The van der Waals surface area contributed by atoms with Crippen LogP contribution in [-0.4, -0.2) is 12.5 Å². The van der Waals surface area contributed by atoms with Gasteiger partial charge >= 0.3 is 6.61 Å². The minimum Gasteiger partial charge on any atom is -0.435 e. The van der Waals surface area contributed by atoms with Crippen LogP contribution in [0.15, 0.2) is 72.8 Å². The van der Waals surface area contributed by atoms with Gasteiger partial charge in [0, 0.05) is 6.08 Å². The summed E-state index contributed by atoms with van der Waals surface area (Å²) >= 11 is 0. The van der Waals surface area contributed by atoms with Crippen molar-refractivity contribution in [1.29, 1.82) is 0 Å². The normalized spacial score (nSPS) is 12.4. The smallest absolute Gasteiger partial charge is 0.387 e. The van der Waals surface area contributed by atoms with E-state index in [0.717, 1.165) is 16.3 Å². The average molecular weight is 367 g/mol. The van der Waals surface area contributed by atoms with Crippen molar-refractivity contribution in [2.45, 2.75) is 19.6 Å². The van der Waals surface area contributed by atoms with Gasteiger partial charge in [-0.15, -0.1) is 0 Å². The molecule has 0 radical (unpaired) electrons. The second-order valence-corrected chi connectivity index (χ2v) is 6.12. The molecule has 3 aromatic carbocycles. The van der Waals surface area contributed by atoms with Crippen molar-refractivity contribution >= 4 is 22.8 Å². The van der Waals surface area contributed by atoms with Crippen LogP contribution in [0.5, 0.6) is 5.75 Å². The van der Waals surface area contributed by atoms with Crippen molar-refractivity contribution < 1.29 is 18.3 Å². The highest BCUT2D eigenvalue weighted by Crippen LogP contribution is 2.20. The molecule has 1 amide bonds. The molecular formula is C22H19F2NO2. The van der Waals surface area contributed by atoms with E-state index in [-0.39, 0.29) is 17.7 Å². The second kappa shape index (κ2) is 8.45. The van der Waals surface area contributed by atoms with Crippen LogP contribution in [0.2, 0.25) is 0 Å². The number of carbonyl (C=O) groups excluding carboxylic acids is 1. The highest BCUT2D eigenvalue weighted by Gasteiger charge is 2.08. The first-order valence-corrected chi connectivity index (χ1v) is 8.53. The molecule has 0 aliphatic carbocycles. The predicted molar refractivity (Wildman–Crippen MR) is 103 cm³/mol. The molecule has 0 unspecified atom stereocenters. The number of alkyl halides is 2. The van der Waals surface area contributed by atoms with Crippen molar-refractivity contribution in [1.82, 2.24) is 5.32 Å². The SMILES string of the molecule is C[C@H](NC(=O)/C=C/c1ccc(OC(F)F)cc1)c1ccc2ccccc2c1. The number of halogens is 2. The Kier molecular flexibility index (Phi) is 5.81. The number of hydrogen-bond acceptors (Lipinski definition) is 2. The van der Waals surface area contributed by atoms with Crippen LogP contribution < -0.4 is 10.1 Å². The van der Waals surface area contributed by atoms with Crippen molar-refractivity contribution in [2.24, 2.45) is 0 Å². The first kappa shape index (κ1) is 18.6. The average Bonchev–Trinajstić information content (AvgIpc) is 2.66. The molecule has 0 aliphatic heterocycles. The maximum Gasteiger partial charge on any atom is 0.387 e. The topological polar surface area (TPSA) is 38.3 Å². The zero-order valence-corrected chi connectivity index (χ0v) is 14.7. The summed E-state index contributed by atoms with van der Waals surface area (Å²) in [6, 6.07) is 20.1. The van der Waals surface area contributed by atoms with Crippen LogP contribution in [0.3, 0.4) is 0 Å². The molecule has 0 saturated heterocycles. The highest BCUT2D eigenvalue weighted by molar-refractivity contribution is 5.92. The number of ether oxygens (including phenoxy) is 1. The van der Waals surface area contributed by atoms with Crippen LogP contribution >= 0.6 is 0 Å². The maximum atomic E-state index is 12.2. The largest absolute Gasteiger partial charge is 0.435 e. The van der Waals surface area contributed by atoms with Gasteiger partial charge in [0.2, 0.25) is 5.91 Å². The van der Waals surface area contributed by atoms with Gasteiger partial charge in [-0.05, 0) is 53.1 Å². The summed E-state index contributed by atoms with van der Waals surface area (Å²) in [6.45, 7) is -0.930. The third-order valence-corrected chi connectivity index (χ3v) is 4.16. The van der Waals surface area contributed by atoms with Gasteiger partial charge < -0.3 is 10.1 Å². The number of fused-ring (bicyclic) bond motifs is 1. The Morgan fingerprint density at radius 3 is 2.41 bits per heavy atom. The Labute approximate surface area is 156 Å². The molecule has 27 heavy (non-hydrogen) atoms. The molecular weight excluding hydrogens is 348 g/mol. The van der Waals surface area contributed by atoms with Gasteiger partial charge in [0.25, 0.3) is 0 Å². The maximum absolute atomic E-state index is 12.2. The van der Waals surface area contributed by atoms with Crippen LogP contribution in [0.4, 0.5) is 8.78 Å². The zero-order valence-electron chi connectivity index (χ0n) is 14.7. The van der Waals surface area contributed by atoms with E-state index in [1.54, 1.807) is 18.2 Å². The minimum absolute atomic E-state index is 0.0801. The number of carbonyl (C=O) groups is 1. The molecule has 1 N–H and O–H groups in total. The quantitative estimate of drug-likeness (QED) is 0.598. The summed E-state index contributed by atoms with van der Waals surface area (Å²) in [5, 5.41) is 5.19. The van der Waals surface area contributed by atoms with E-state index in [1.807, 2.05) is 43.3 Å². The molecule has 1 atom stereocenters. The van der Waals surface area contributed by atoms with Gasteiger partial charge in [0.15, 0.2) is 0 Å². The zero-order chi connectivity index (χ0) is 19.2. The van der Waals surface area contributed by atoms with Crippen molar-refractivity contribution in [3.63, 3.8) is 0 Å². The lowest BCUT2D eigenvalue weighted by atomic mass is 10.0. The lowest BCUT2D eigenvalue weighted by Gasteiger charge is -2.14. The number of hydrogen-bond donors (Lipinski definition) is 1. The van der Waals surface area contributed by atoms with Crippen LogP contribution in [0.25, 0.3) is 16.8 Å². The van der Waals surface area contributed by atoms with Gasteiger partial charge in [-0.1, -0.05) is 48.5 Å². The lowest BCUT2D eigenvalue weighted by molar-refractivity contribution is -0.117. The fourth-order valence-corrected chi connectivity index (χ4v) is 2.75. The summed E-state index contributed by atoms with van der Waals surface area (Å²) in [7, 11) is 0. The number of amides is 1. The van der Waals surface area contributed by atoms with E-state index in [9.17, 15) is 13.6 Å². The Morgan fingerprint density at radius 2 is 1.70 bits per heavy atom. The Balaban J connectivity index is 1.61. The van der Waals surface area contributed by atoms with E-state index in [1.165, 1.54) is 18.2 Å². The molecule has 3 aromatic rings. The van der Waals surface area contributed by atoms with Gasteiger partial charge in [-0.25, -0.2) is 0 Å². The first-order chi connectivity index (χ1) is 13.0. The summed E-state index contributed by atoms with van der Waals surface area (Å²) in [5.41, 5.74) is 1.73. The number of benzene rings is 3. The summed E-state index contributed by atoms with van der Waals surface area (Å²) < 4.78 is 28.6. The summed E-state index contributed by atoms with van der Waals surface area (Å²) in [6.07, 6.45) is 3.04. The standard InChI is InChI=1S/C22H19F2NO2/c1-15(18-10-9-17-4-2-3-5-19(17)14-18)25-21(26)13-8-16-6-11-20(12-7-16)27-22(23)24/h2-15,22H,1H3,(H,25,26)/b13-8+/t15-/m0/s1. The molecule has 0 spiro atoms. The van der Waals surface area contributed by atoms with Crippen LogP contribution in [-0.2, 0) is 4.79 Å². The molecule has 5 heteroatoms. The first-order valence-electron chi connectivity index (χ1n) is 8.53. The highest BCUT2D eigenvalue weighted by atomic mass is 19.3. The second-order valence-electron chi connectivity index (χ2n) is 6.12. The molecule has 0 saturated carbocycles. The molecule has 0 bridgehead atoms. The van der Waals surface area contributed by atoms with Gasteiger partial charge in [-0.2, -0.15) is 8.78 Å². The van der Waals surface area contributed by atoms with E-state index in [2.05, 4.69) is 16.1 Å². The predicted octanol–water partition coefficient (Wildman–Crippen LogP) is 5.33. The van der Waals surface area contributed by atoms with Gasteiger partial charge in [0.05, 0.1) is 6.04 Å². The molecule has 3 rings (SSSR count). The number of nitrogens with one attached hydrogen (secondary N) is 1. The molecule has 138 valence electrons. The third-order valence-electron chi connectivity index (χ3n) is 4.16. The third kappa shape index (κ3) is 5.14. The van der Waals surface area contributed by atoms with Gasteiger partial charge in [0.1, 0.15) is 5.75 Å². The fraction of sp³-hybridized carbons (Fsp3) is 0.136. The lowest BCUT2D eigenvalue weighted by Crippen LogP contribution is -2.24. The minimum atomic E-state index is -2.85. The molecule has 3 nitrogen and oxygen atoms in total. The molecule has 0 fully saturated rings. The summed E-state index contributed by atoms with van der Waals surface area (Å²) in [5.74, 6) is -0.153. The molecule has 0 aromatic heterocycles. The van der Waals surface area contributed by atoms with Crippen molar-refractivity contribution in [3.8, 4) is 5.75 Å². The Morgan fingerprint density at radius 1 is 1.00 bits per heavy atom. The monoisotopic (exact) mass is 367 g/mol. The van der Waals surface area contributed by atoms with E-state index < -0.39 is 6.61 Å². The van der Waals surface area contributed by atoms with Crippen molar-refractivity contribution in [2.75, 3.05) is 0 Å². The van der Waals surface area contributed by atoms with Gasteiger partial charge in [-0.3, -0.25) is 4.79 Å². The van der Waals surface area contributed by atoms with Crippen LogP contribution in [0.1, 0.15) is 24.1 Å². The fourth-order valence-electron chi connectivity index (χ4n) is 2.75. The Hall–Kier alpha value is -3.21. The number of rotatable bonds is 6.